The van der Waals surface area contributed by atoms with E-state index < -0.39 is 8.32 Å². The summed E-state index contributed by atoms with van der Waals surface area (Å²) in [5.41, 5.74) is 0.775. The molecule has 1 rings (SSSR count). The van der Waals surface area contributed by atoms with Crippen molar-refractivity contribution < 1.29 is 13.6 Å². The van der Waals surface area contributed by atoms with Crippen LogP contribution in [0.2, 0.25) is 18.1 Å². The predicted molar refractivity (Wildman–Crippen MR) is 78.6 cm³/mol. The molecule has 0 aromatic heterocycles. The van der Waals surface area contributed by atoms with Crippen LogP contribution in [0.15, 0.2) is 18.2 Å². The molecule has 0 bridgehead atoms. The van der Waals surface area contributed by atoms with Gasteiger partial charge in [-0.2, -0.15) is 0 Å². The van der Waals surface area contributed by atoms with Gasteiger partial charge in [0.05, 0.1) is 0 Å². The Kier molecular flexibility index (Phi) is 4.90. The fraction of sp³-hybridized carbons (Fsp3) is 0.533. The molecule has 0 N–H and O–H groups in total. The summed E-state index contributed by atoms with van der Waals surface area (Å²) in [7, 11) is -1.94. The summed E-state index contributed by atoms with van der Waals surface area (Å²) in [6, 6.07) is 4.55. The van der Waals surface area contributed by atoms with E-state index in [4.69, 9.17) is 4.43 Å². The molecular formula is C15H23FO2Si. The molecule has 0 radical (unpaired) electrons. The Hall–Kier alpha value is -1.16. The summed E-state index contributed by atoms with van der Waals surface area (Å²) in [5.74, 6) is 0.429. The number of rotatable bonds is 5. The Labute approximate surface area is 116 Å². The number of hydrogen-bond donors (Lipinski definition) is 0. The second kappa shape index (κ2) is 5.86. The lowest BCUT2D eigenvalue weighted by Crippen LogP contribution is -2.44. The van der Waals surface area contributed by atoms with Gasteiger partial charge in [-0.25, -0.2) is 4.39 Å². The van der Waals surface area contributed by atoms with Gasteiger partial charge in [0.1, 0.15) is 17.9 Å². The average Bonchev–Trinajstić information content (AvgIpc) is 2.27. The molecule has 0 amide bonds. The van der Waals surface area contributed by atoms with Crippen LogP contribution < -0.4 is 4.43 Å². The molecule has 106 valence electrons. The first-order valence-corrected chi connectivity index (χ1v) is 9.49. The Morgan fingerprint density at radius 1 is 1.32 bits per heavy atom. The zero-order valence-electron chi connectivity index (χ0n) is 12.4. The molecule has 0 aliphatic heterocycles. The van der Waals surface area contributed by atoms with Gasteiger partial charge in [0, 0.05) is 6.42 Å². The van der Waals surface area contributed by atoms with Crippen LogP contribution in [-0.4, -0.2) is 14.6 Å². The highest BCUT2D eigenvalue weighted by Crippen LogP contribution is 2.38. The van der Waals surface area contributed by atoms with Crippen molar-refractivity contribution in [2.24, 2.45) is 0 Å². The standard InChI is InChI=1S/C15H23FO2Si/c1-15(2,3)19(4,5)18-14-9-8-13(16)11-12(14)7-6-10-17/h8-11H,6-7H2,1-5H3. The summed E-state index contributed by atoms with van der Waals surface area (Å²) in [6.07, 6.45) is 1.75. The molecule has 1 aromatic carbocycles. The van der Waals surface area contributed by atoms with Crippen molar-refractivity contribution in [3.8, 4) is 5.75 Å². The second-order valence-electron chi connectivity index (χ2n) is 6.32. The highest BCUT2D eigenvalue weighted by molar-refractivity contribution is 6.74. The van der Waals surface area contributed by atoms with Crippen molar-refractivity contribution in [1.82, 2.24) is 0 Å². The van der Waals surface area contributed by atoms with Gasteiger partial charge in [-0.1, -0.05) is 20.8 Å². The molecule has 1 aromatic rings. The highest BCUT2D eigenvalue weighted by Gasteiger charge is 2.39. The maximum atomic E-state index is 13.3. The SMILES string of the molecule is CC(C)(C)[Si](C)(C)Oc1ccc(F)cc1CCC=O. The van der Waals surface area contributed by atoms with Gasteiger partial charge < -0.3 is 9.22 Å². The number of hydrogen-bond acceptors (Lipinski definition) is 2. The number of carbonyl (C=O) groups is 1. The Morgan fingerprint density at radius 3 is 2.47 bits per heavy atom. The number of benzene rings is 1. The summed E-state index contributed by atoms with van der Waals surface area (Å²) in [5, 5.41) is 0.0866. The van der Waals surface area contributed by atoms with Crippen LogP contribution in [-0.2, 0) is 11.2 Å². The molecule has 0 unspecified atom stereocenters. The van der Waals surface area contributed by atoms with E-state index in [-0.39, 0.29) is 10.9 Å². The van der Waals surface area contributed by atoms with E-state index in [1.807, 2.05) is 0 Å². The van der Waals surface area contributed by atoms with Crippen molar-refractivity contribution in [2.75, 3.05) is 0 Å². The van der Waals surface area contributed by atoms with Gasteiger partial charge in [0.25, 0.3) is 0 Å². The van der Waals surface area contributed by atoms with E-state index in [1.165, 1.54) is 12.1 Å². The molecule has 4 heteroatoms. The summed E-state index contributed by atoms with van der Waals surface area (Å²) < 4.78 is 19.5. The van der Waals surface area contributed by atoms with Gasteiger partial charge >= 0.3 is 0 Å². The first kappa shape index (κ1) is 15.9. The van der Waals surface area contributed by atoms with Crippen LogP contribution in [0.4, 0.5) is 4.39 Å². The van der Waals surface area contributed by atoms with E-state index in [0.29, 0.717) is 12.8 Å². The Bertz CT molecular complexity index is 450. The van der Waals surface area contributed by atoms with Gasteiger partial charge in [-0.3, -0.25) is 0 Å². The lowest BCUT2D eigenvalue weighted by molar-refractivity contribution is -0.107. The first-order chi connectivity index (χ1) is 8.67. The minimum Gasteiger partial charge on any atom is -0.543 e. The minimum absolute atomic E-state index is 0.0866. The highest BCUT2D eigenvalue weighted by atomic mass is 28.4. The lowest BCUT2D eigenvalue weighted by atomic mass is 10.1. The quantitative estimate of drug-likeness (QED) is 0.593. The first-order valence-electron chi connectivity index (χ1n) is 6.58. The van der Waals surface area contributed by atoms with Crippen molar-refractivity contribution >= 4 is 14.6 Å². The number of aryl methyl sites for hydroxylation is 1. The third-order valence-corrected chi connectivity index (χ3v) is 8.07. The minimum atomic E-state index is -1.94. The van der Waals surface area contributed by atoms with Gasteiger partial charge in [-0.15, -0.1) is 0 Å². The number of carbonyl (C=O) groups excluding carboxylic acids is 1. The van der Waals surface area contributed by atoms with Crippen LogP contribution in [0.25, 0.3) is 0 Å². The lowest BCUT2D eigenvalue weighted by Gasteiger charge is -2.37. The zero-order chi connectivity index (χ0) is 14.7. The zero-order valence-corrected chi connectivity index (χ0v) is 13.4. The summed E-state index contributed by atoms with van der Waals surface area (Å²) >= 11 is 0. The van der Waals surface area contributed by atoms with Crippen LogP contribution in [0.1, 0.15) is 32.8 Å². The monoisotopic (exact) mass is 282 g/mol. The molecule has 19 heavy (non-hydrogen) atoms. The molecule has 0 saturated carbocycles. The third-order valence-electron chi connectivity index (χ3n) is 3.73. The van der Waals surface area contributed by atoms with E-state index in [0.717, 1.165) is 17.6 Å². The van der Waals surface area contributed by atoms with Crippen molar-refractivity contribution in [1.29, 1.82) is 0 Å². The van der Waals surface area contributed by atoms with E-state index in [9.17, 15) is 9.18 Å². The molecule has 0 fully saturated rings. The maximum absolute atomic E-state index is 13.3. The smallest absolute Gasteiger partial charge is 0.250 e. The normalized spacial score (nSPS) is 12.3. The average molecular weight is 282 g/mol. The Balaban J connectivity index is 3.03. The van der Waals surface area contributed by atoms with Gasteiger partial charge in [0.15, 0.2) is 0 Å². The maximum Gasteiger partial charge on any atom is 0.250 e. The van der Waals surface area contributed by atoms with Crippen LogP contribution in [0.5, 0.6) is 5.75 Å². The summed E-state index contributed by atoms with van der Waals surface area (Å²) in [4.78, 5) is 10.5. The topological polar surface area (TPSA) is 26.3 Å². The van der Waals surface area contributed by atoms with Crippen molar-refractivity contribution in [2.45, 2.75) is 51.7 Å². The third kappa shape index (κ3) is 4.16. The Morgan fingerprint density at radius 2 is 1.95 bits per heavy atom. The largest absolute Gasteiger partial charge is 0.543 e. The fourth-order valence-electron chi connectivity index (χ4n) is 1.49. The number of aldehydes is 1. The van der Waals surface area contributed by atoms with Crippen LogP contribution in [0, 0.1) is 5.82 Å². The molecule has 2 nitrogen and oxygen atoms in total. The van der Waals surface area contributed by atoms with Crippen LogP contribution in [0.3, 0.4) is 0 Å². The van der Waals surface area contributed by atoms with Crippen molar-refractivity contribution in [3.63, 3.8) is 0 Å². The predicted octanol–water partition coefficient (Wildman–Crippen LogP) is 4.34. The van der Waals surface area contributed by atoms with E-state index in [2.05, 4.69) is 33.9 Å². The number of halogens is 1. The molecule has 0 heterocycles. The second-order valence-corrected chi connectivity index (χ2v) is 11.0. The molecule has 0 atom stereocenters. The molecular weight excluding hydrogens is 259 g/mol. The van der Waals surface area contributed by atoms with Crippen molar-refractivity contribution in [3.05, 3.63) is 29.6 Å². The fourth-order valence-corrected chi connectivity index (χ4v) is 2.54. The van der Waals surface area contributed by atoms with Gasteiger partial charge in [0.2, 0.25) is 8.32 Å². The van der Waals surface area contributed by atoms with E-state index >= 15 is 0 Å². The molecule has 0 saturated heterocycles. The molecule has 0 aliphatic carbocycles. The molecule has 0 aliphatic rings. The summed E-state index contributed by atoms with van der Waals surface area (Å²) in [6.45, 7) is 10.8. The van der Waals surface area contributed by atoms with Crippen LogP contribution >= 0.6 is 0 Å². The van der Waals surface area contributed by atoms with E-state index in [1.54, 1.807) is 6.07 Å². The van der Waals surface area contributed by atoms with Gasteiger partial charge in [-0.05, 0) is 48.3 Å². The molecule has 0 spiro atoms.